The molecule has 2 saturated heterocycles. The van der Waals surface area contributed by atoms with E-state index < -0.39 is 69.7 Å². The van der Waals surface area contributed by atoms with E-state index in [1.807, 2.05) is 23.6 Å². The van der Waals surface area contributed by atoms with Crippen LogP contribution < -0.4 is 123 Å². The molecule has 0 aliphatic carbocycles. The molecule has 3 aliphatic rings. The number of aromatic nitrogens is 4. The van der Waals surface area contributed by atoms with E-state index in [9.17, 15) is 65.9 Å². The van der Waals surface area contributed by atoms with Gasteiger partial charge in [0.05, 0.1) is 36.0 Å². The van der Waals surface area contributed by atoms with Crippen molar-refractivity contribution in [3.8, 4) is 11.9 Å². The van der Waals surface area contributed by atoms with Crippen LogP contribution in [-0.4, -0.2) is 109 Å². The van der Waals surface area contributed by atoms with Crippen LogP contribution in [0.1, 0.15) is 96.8 Å². The van der Waals surface area contributed by atoms with Crippen LogP contribution in [0.4, 0.5) is 64.3 Å². The standard InChI is InChI=1S/C19H22F6N4O.C12H15F3N2O3S.C8H11F3N2O.C2H3N.CH2O3.2K.H/c1-2-3-8-29-17(11-15(27-29)19(23,24)25)30-14-6-9-28(10-7-14)16-5-4-13(12-26-16)18(20,21)22;1-21(18,19)20-10-4-6-17(7-5-10)11-3-2-9(8-16-11)12(13,14)15;1-2-3-4-13-7(14)5-6(12-13)8(9,10)11;1-2-3;2-1-4-3;;;/h4-5,11-12,14H,2-3,6-10H2,1H3;2-3,8,10H,4-7H2,1H3;2-5H2,1H3;1H3;1,3H;;;/q;;;;;2*+1;-1/p-1. The summed E-state index contributed by atoms with van der Waals surface area (Å²) in [6, 6.07) is 7.27. The van der Waals surface area contributed by atoms with Crippen LogP contribution in [0.3, 0.4) is 0 Å². The minimum atomic E-state index is -4.55. The number of amides is 1. The number of halogens is 12. The Morgan fingerprint density at radius 1 is 0.770 bits per heavy atom. The Morgan fingerprint density at radius 2 is 1.20 bits per heavy atom. The smallest absolute Gasteiger partial charge is 1.00 e. The second-order valence-electron chi connectivity index (χ2n) is 15.5. The number of carbonyl (C=O) groups excluding carboxylic acids is 2. The number of hydrazone groups is 1. The molecule has 0 bridgehead atoms. The van der Waals surface area contributed by atoms with E-state index in [-0.39, 0.29) is 135 Å². The third-order valence-electron chi connectivity index (χ3n) is 9.98. The average Bonchev–Trinajstić information content (AvgIpc) is 3.91. The number of alkyl halides is 12. The first-order valence-corrected chi connectivity index (χ1v) is 23.6. The third kappa shape index (κ3) is 26.1. The molecule has 3 aromatic heterocycles. The van der Waals surface area contributed by atoms with Crippen molar-refractivity contribution in [1.82, 2.24) is 24.8 Å². The van der Waals surface area contributed by atoms with Gasteiger partial charge in [-0.3, -0.25) is 13.8 Å². The van der Waals surface area contributed by atoms with Crippen molar-refractivity contribution >= 4 is 39.8 Å². The van der Waals surface area contributed by atoms with Crippen molar-refractivity contribution in [3.63, 3.8) is 0 Å². The SMILES string of the molecule is CC#N.CCCCN1N=C(C(F)(F)F)CC1=O.CCCCn1nc(C(F)(F)F)cc1OC1CCN(c2ccc(C(F)(F)F)cn2)CC1.CS(=O)(=O)OC1CCN(c2ccc(C(F)(F)F)cn2)CC1.O=CO[O-].[H-].[K+].[K+]. The van der Waals surface area contributed by atoms with E-state index in [2.05, 4.69) is 25.1 Å². The molecule has 0 spiro atoms. The Labute approximate surface area is 505 Å². The summed E-state index contributed by atoms with van der Waals surface area (Å²) >= 11 is 0. The number of hydrogen-bond acceptors (Lipinski definition) is 15. The number of ether oxygens (including phenoxy) is 1. The van der Waals surface area contributed by atoms with Crippen LogP contribution in [0.2, 0.25) is 0 Å². The molecule has 2 fully saturated rings. The molecule has 0 unspecified atom stereocenters. The molecule has 0 aromatic carbocycles. The molecule has 0 N–H and O–H groups in total. The molecule has 3 aromatic rings. The van der Waals surface area contributed by atoms with Crippen molar-refractivity contribution in [2.75, 3.05) is 48.8 Å². The zero-order valence-electron chi connectivity index (χ0n) is 42.1. The van der Waals surface area contributed by atoms with E-state index in [0.29, 0.717) is 82.9 Å². The number of nitrogens with zero attached hydrogens (tertiary/aromatic N) is 9. The summed E-state index contributed by atoms with van der Waals surface area (Å²) in [5.41, 5.74) is -3.58. The van der Waals surface area contributed by atoms with Gasteiger partial charge in [-0.05, 0) is 49.9 Å². The molecular weight excluding hydrogens is 1100 g/mol. The quantitative estimate of drug-likeness (QED) is 0.0601. The average molecular weight is 1150 g/mol. The summed E-state index contributed by atoms with van der Waals surface area (Å²) in [5.74, 6) is 0.391. The number of hydrogen-bond donors (Lipinski definition) is 0. The second-order valence-corrected chi connectivity index (χ2v) is 17.1. The van der Waals surface area contributed by atoms with E-state index in [4.69, 9.17) is 24.2 Å². The number of anilines is 2. The number of carbonyl (C=O) groups is 2. The Balaban J connectivity index is 0. The van der Waals surface area contributed by atoms with Crippen molar-refractivity contribution in [2.24, 2.45) is 5.10 Å². The minimum absolute atomic E-state index is 0. The molecule has 3 aliphatic heterocycles. The molecule has 6 heterocycles. The summed E-state index contributed by atoms with van der Waals surface area (Å²) in [5, 5.41) is 23.5. The molecular formula is C42H53F12K2N9O8S. The Bertz CT molecular complexity index is 2310. The van der Waals surface area contributed by atoms with Gasteiger partial charge in [0.2, 0.25) is 11.8 Å². The molecule has 1 amide bonds. The normalized spacial score (nSPS) is 15.4. The van der Waals surface area contributed by atoms with E-state index in [0.717, 1.165) is 54.7 Å². The van der Waals surface area contributed by atoms with Gasteiger partial charge < -0.3 is 26.1 Å². The van der Waals surface area contributed by atoms with Gasteiger partial charge >= 0.3 is 127 Å². The van der Waals surface area contributed by atoms with Gasteiger partial charge in [0, 0.05) is 77.5 Å². The van der Waals surface area contributed by atoms with Crippen molar-refractivity contribution < 1.29 is 194 Å². The van der Waals surface area contributed by atoms with Crippen LogP contribution in [0.25, 0.3) is 0 Å². The first-order valence-electron chi connectivity index (χ1n) is 21.8. The van der Waals surface area contributed by atoms with Gasteiger partial charge in [-0.2, -0.15) is 76.6 Å². The molecule has 406 valence electrons. The molecule has 74 heavy (non-hydrogen) atoms. The van der Waals surface area contributed by atoms with Gasteiger partial charge in [-0.1, -0.05) is 26.7 Å². The molecule has 6 rings (SSSR count). The molecule has 0 radical (unpaired) electrons. The van der Waals surface area contributed by atoms with Crippen LogP contribution in [0, 0.1) is 11.3 Å². The number of aryl methyl sites for hydroxylation is 1. The topological polar surface area (TPSA) is 208 Å². The van der Waals surface area contributed by atoms with Gasteiger partial charge in [0.15, 0.2) is 11.4 Å². The number of unbranched alkanes of at least 4 members (excludes halogenated alkanes) is 2. The van der Waals surface area contributed by atoms with Crippen LogP contribution in [-0.2, 0) is 53.9 Å². The van der Waals surface area contributed by atoms with Gasteiger partial charge in [-0.25, -0.2) is 19.7 Å². The molecule has 32 heteroatoms. The fourth-order valence-corrected chi connectivity index (χ4v) is 7.18. The maximum atomic E-state index is 13.0. The number of pyridine rings is 2. The Kier molecular flexibility index (Phi) is 32.4. The first kappa shape index (κ1) is 71.3. The van der Waals surface area contributed by atoms with Crippen molar-refractivity contribution in [1.29, 1.82) is 5.26 Å². The first-order chi connectivity index (χ1) is 33.5. The van der Waals surface area contributed by atoms with E-state index in [1.54, 1.807) is 6.07 Å². The summed E-state index contributed by atoms with van der Waals surface area (Å²) < 4.78 is 185. The van der Waals surface area contributed by atoms with Crippen LogP contribution in [0.5, 0.6) is 5.88 Å². The summed E-state index contributed by atoms with van der Waals surface area (Å²) in [6.07, 6.45) is -11.7. The van der Waals surface area contributed by atoms with Gasteiger partial charge in [-0.15, -0.1) is 0 Å². The molecule has 17 nitrogen and oxygen atoms in total. The fourth-order valence-electron chi connectivity index (χ4n) is 6.50. The van der Waals surface area contributed by atoms with Crippen molar-refractivity contribution in [3.05, 3.63) is 59.5 Å². The van der Waals surface area contributed by atoms with Crippen LogP contribution in [0.15, 0.2) is 47.8 Å². The van der Waals surface area contributed by atoms with Crippen LogP contribution >= 0.6 is 0 Å². The predicted molar refractivity (Wildman–Crippen MR) is 232 cm³/mol. The Hall–Kier alpha value is -2.69. The van der Waals surface area contributed by atoms with Gasteiger partial charge in [0.25, 0.3) is 16.6 Å². The number of piperidine rings is 2. The van der Waals surface area contributed by atoms with E-state index in [1.165, 1.54) is 23.7 Å². The number of rotatable bonds is 13. The zero-order valence-corrected chi connectivity index (χ0v) is 48.2. The van der Waals surface area contributed by atoms with Crippen molar-refractivity contribution in [2.45, 2.75) is 122 Å². The third-order valence-corrected chi connectivity index (χ3v) is 10.6. The van der Waals surface area contributed by atoms with E-state index >= 15 is 0 Å². The predicted octanol–water partition coefficient (Wildman–Crippen LogP) is 2.23. The largest absolute Gasteiger partial charge is 1.00 e. The minimum Gasteiger partial charge on any atom is -1.00 e. The van der Waals surface area contributed by atoms with Gasteiger partial charge in [0.1, 0.15) is 17.7 Å². The number of nitriles is 1. The summed E-state index contributed by atoms with van der Waals surface area (Å²) in [4.78, 5) is 33.6. The Morgan fingerprint density at radius 3 is 1.54 bits per heavy atom. The molecule has 0 saturated carbocycles. The second kappa shape index (κ2) is 33.6. The zero-order chi connectivity index (χ0) is 54.5. The summed E-state index contributed by atoms with van der Waals surface area (Å²) in [6.45, 7) is 7.59. The summed E-state index contributed by atoms with van der Waals surface area (Å²) in [7, 11) is -3.49. The fraction of sp³-hybridized carbons (Fsp3) is 0.595. The maximum absolute atomic E-state index is 13.0. The molecule has 0 atom stereocenters. The monoisotopic (exact) mass is 1150 g/mol. The maximum Gasteiger partial charge on any atom is 1.00 e.